The average Bonchev–Trinajstić information content (AvgIpc) is 3.57. The number of aromatic nitrogens is 2. The van der Waals surface area contributed by atoms with E-state index in [9.17, 15) is 14.9 Å². The summed E-state index contributed by atoms with van der Waals surface area (Å²) in [6.45, 7) is 12.2. The second kappa shape index (κ2) is 18.6. The summed E-state index contributed by atoms with van der Waals surface area (Å²) < 4.78 is 41.6. The molecule has 1 fully saturated rings. The van der Waals surface area contributed by atoms with Gasteiger partial charge in [-0.3, -0.25) is 14.3 Å². The number of methoxy groups -OCH3 is 2. The summed E-state index contributed by atoms with van der Waals surface area (Å²) in [5.41, 5.74) is 0.469. The molecule has 13 heteroatoms. The molecule has 1 aliphatic heterocycles. The largest absolute Gasteiger partial charge is 0.497 e. The van der Waals surface area contributed by atoms with Crippen LogP contribution in [-0.2, 0) is 24.1 Å². The topological polar surface area (TPSA) is 137 Å². The lowest BCUT2D eigenvalue weighted by Crippen LogP contribution is -2.39. The number of nitrogens with one attached hydrogen (secondary N) is 1. The summed E-state index contributed by atoms with van der Waals surface area (Å²) in [7, 11) is 1.56. The first kappa shape index (κ1) is 40.6. The van der Waals surface area contributed by atoms with Crippen molar-refractivity contribution in [2.45, 2.75) is 76.7 Å². The van der Waals surface area contributed by atoms with Gasteiger partial charge in [-0.15, -0.1) is 0 Å². The Balaban J connectivity index is 1.61. The molecule has 54 heavy (non-hydrogen) atoms. The fraction of sp³-hybridized carbons (Fsp3) is 0.390. The molecule has 4 atom stereocenters. The van der Waals surface area contributed by atoms with Crippen molar-refractivity contribution in [2.75, 3.05) is 27.4 Å². The molecular formula is C41H49N4O8P. The monoisotopic (exact) mass is 756 g/mol. The molecule has 3 aromatic carbocycles. The smallest absolute Gasteiger partial charge is 0.330 e. The normalized spacial score (nSPS) is 17.8. The summed E-state index contributed by atoms with van der Waals surface area (Å²) in [6.07, 6.45) is 1.11. The molecule has 286 valence electrons. The van der Waals surface area contributed by atoms with E-state index < -0.39 is 43.8 Å². The van der Waals surface area contributed by atoms with Crippen molar-refractivity contribution in [1.82, 2.24) is 14.2 Å². The minimum absolute atomic E-state index is 0.0191. The van der Waals surface area contributed by atoms with Gasteiger partial charge in [-0.1, -0.05) is 67.3 Å². The zero-order valence-corrected chi connectivity index (χ0v) is 32.5. The van der Waals surface area contributed by atoms with Gasteiger partial charge in [0.15, 0.2) is 0 Å². The molecule has 5 rings (SSSR count). The van der Waals surface area contributed by atoms with Crippen molar-refractivity contribution in [3.63, 3.8) is 0 Å². The van der Waals surface area contributed by atoms with Gasteiger partial charge in [0.1, 0.15) is 29.4 Å². The Bertz CT molecular complexity index is 1920. The van der Waals surface area contributed by atoms with Crippen LogP contribution in [0.4, 0.5) is 0 Å². The Kier molecular flexibility index (Phi) is 14.0. The third kappa shape index (κ3) is 9.01. The van der Waals surface area contributed by atoms with Crippen molar-refractivity contribution in [3.05, 3.63) is 135 Å². The summed E-state index contributed by atoms with van der Waals surface area (Å²) in [4.78, 5) is 28.0. The number of nitrogens with zero attached hydrogens (tertiary/aromatic N) is 3. The fourth-order valence-corrected chi connectivity index (χ4v) is 8.44. The molecule has 1 aromatic heterocycles. The highest BCUT2D eigenvalue weighted by Crippen LogP contribution is 2.50. The van der Waals surface area contributed by atoms with E-state index in [1.54, 1.807) is 14.2 Å². The van der Waals surface area contributed by atoms with Crippen LogP contribution in [0.15, 0.2) is 101 Å². The number of ether oxygens (including phenoxy) is 4. The quantitative estimate of drug-likeness (QED) is 0.0633. The molecule has 1 N–H and O–H groups in total. The SMILES string of the molecule is C=Cc1cn([C@H]2CC(OP(OCCC#N)N(C(C)C)C(C)C)[C@@H](COC(c3ccccc3)(c3ccc(OC)cc3)c3ccc(OC)cc3)O2)c(=O)[nH]c1=O. The van der Waals surface area contributed by atoms with Gasteiger partial charge in [-0.25, -0.2) is 9.46 Å². The Morgan fingerprint density at radius 1 is 0.963 bits per heavy atom. The van der Waals surface area contributed by atoms with Crippen LogP contribution in [0.3, 0.4) is 0 Å². The first-order valence-corrected chi connectivity index (χ1v) is 19.1. The average molecular weight is 757 g/mol. The third-order valence-corrected chi connectivity index (χ3v) is 11.4. The van der Waals surface area contributed by atoms with Crippen LogP contribution in [0, 0.1) is 11.3 Å². The lowest BCUT2D eigenvalue weighted by Gasteiger charge is -2.39. The number of aromatic amines is 1. The minimum atomic E-state index is -1.69. The maximum absolute atomic E-state index is 13.2. The predicted octanol–water partition coefficient (Wildman–Crippen LogP) is 7.15. The molecule has 1 aliphatic rings. The lowest BCUT2D eigenvalue weighted by molar-refractivity contribution is -0.0925. The molecule has 0 saturated carbocycles. The number of hydrogen-bond acceptors (Lipinski definition) is 10. The van der Waals surface area contributed by atoms with Crippen LogP contribution in [0.2, 0.25) is 0 Å². The zero-order valence-electron chi connectivity index (χ0n) is 31.6. The van der Waals surface area contributed by atoms with Crippen molar-refractivity contribution < 1.29 is 28.0 Å². The molecule has 0 spiro atoms. The third-order valence-electron chi connectivity index (χ3n) is 9.23. The van der Waals surface area contributed by atoms with E-state index in [4.69, 9.17) is 28.0 Å². The van der Waals surface area contributed by atoms with Gasteiger partial charge in [0.2, 0.25) is 0 Å². The summed E-state index contributed by atoms with van der Waals surface area (Å²) in [5.74, 6) is 1.39. The lowest BCUT2D eigenvalue weighted by atomic mass is 9.80. The molecule has 0 bridgehead atoms. The van der Waals surface area contributed by atoms with Crippen LogP contribution in [-0.4, -0.2) is 65.9 Å². The summed E-state index contributed by atoms with van der Waals surface area (Å²) in [5, 5.41) is 9.31. The summed E-state index contributed by atoms with van der Waals surface area (Å²) in [6, 6.07) is 27.7. The Hall–Kier alpha value is -4.60. The van der Waals surface area contributed by atoms with Crippen LogP contribution < -0.4 is 20.7 Å². The molecule has 4 aromatic rings. The van der Waals surface area contributed by atoms with Gasteiger partial charge in [0.25, 0.3) is 14.1 Å². The van der Waals surface area contributed by atoms with Gasteiger partial charge in [0.05, 0.1) is 51.6 Å². The van der Waals surface area contributed by atoms with Crippen LogP contribution in [0.25, 0.3) is 6.08 Å². The number of nitriles is 1. The van der Waals surface area contributed by atoms with Crippen molar-refractivity contribution in [2.24, 2.45) is 0 Å². The standard InChI is InChI=1S/C41H49N4O8P/c1-8-30-26-44(40(47)43-39(30)46)38-25-36(53-54(51-24-12-23-42)45(28(2)3)29(4)5)37(52-38)27-50-41(31-13-10-9-11-14-31,32-15-19-34(48-6)20-16-32)33-17-21-35(49-7)22-18-33/h8-11,13-22,26,28-29,36-38H,1,12,24-25,27H2,2-7H3,(H,43,46,47)/t36?,37-,38-,54?/m1/s1. The molecule has 0 amide bonds. The molecule has 0 aliphatic carbocycles. The number of hydrogen-bond donors (Lipinski definition) is 1. The second-order valence-corrected chi connectivity index (χ2v) is 14.7. The number of rotatable bonds is 18. The van der Waals surface area contributed by atoms with Crippen molar-refractivity contribution >= 4 is 14.6 Å². The van der Waals surface area contributed by atoms with Crippen molar-refractivity contribution in [3.8, 4) is 17.6 Å². The van der Waals surface area contributed by atoms with Crippen molar-refractivity contribution in [1.29, 1.82) is 5.26 Å². The zero-order chi connectivity index (χ0) is 38.8. The highest BCUT2D eigenvalue weighted by Gasteiger charge is 2.45. The molecule has 1 saturated heterocycles. The first-order chi connectivity index (χ1) is 26.1. The van der Waals surface area contributed by atoms with E-state index in [-0.39, 0.29) is 43.7 Å². The van der Waals surface area contributed by atoms with E-state index in [2.05, 4.69) is 50.0 Å². The van der Waals surface area contributed by atoms with Crippen LogP contribution in [0.5, 0.6) is 11.5 Å². The van der Waals surface area contributed by atoms with Gasteiger partial charge in [-0.05, 0) is 68.7 Å². The highest BCUT2D eigenvalue weighted by atomic mass is 31.2. The maximum atomic E-state index is 13.2. The van der Waals surface area contributed by atoms with Crippen LogP contribution in [0.1, 0.15) is 69.0 Å². The molecule has 2 heterocycles. The number of H-pyrrole nitrogens is 1. The predicted molar refractivity (Wildman–Crippen MR) is 208 cm³/mol. The molecule has 12 nitrogen and oxygen atoms in total. The molecule has 0 radical (unpaired) electrons. The molecular weight excluding hydrogens is 707 g/mol. The maximum Gasteiger partial charge on any atom is 0.330 e. The Morgan fingerprint density at radius 3 is 2.06 bits per heavy atom. The van der Waals surface area contributed by atoms with Crippen LogP contribution >= 0.6 is 8.53 Å². The Morgan fingerprint density at radius 2 is 1.54 bits per heavy atom. The van der Waals surface area contributed by atoms with E-state index in [1.807, 2.05) is 78.9 Å². The van der Waals surface area contributed by atoms with Gasteiger partial charge >= 0.3 is 5.69 Å². The fourth-order valence-electron chi connectivity index (χ4n) is 6.68. The van der Waals surface area contributed by atoms with E-state index in [0.717, 1.165) is 16.7 Å². The van der Waals surface area contributed by atoms with E-state index in [1.165, 1.54) is 16.8 Å². The minimum Gasteiger partial charge on any atom is -0.497 e. The van der Waals surface area contributed by atoms with Gasteiger partial charge in [0, 0.05) is 24.7 Å². The molecule has 2 unspecified atom stereocenters. The van der Waals surface area contributed by atoms with Gasteiger partial charge < -0.3 is 28.0 Å². The van der Waals surface area contributed by atoms with E-state index >= 15 is 0 Å². The second-order valence-electron chi connectivity index (χ2n) is 13.3. The summed E-state index contributed by atoms with van der Waals surface area (Å²) >= 11 is 0. The van der Waals surface area contributed by atoms with Gasteiger partial charge in [-0.2, -0.15) is 5.26 Å². The van der Waals surface area contributed by atoms with E-state index in [0.29, 0.717) is 11.5 Å². The number of benzene rings is 3. The Labute approximate surface area is 317 Å². The first-order valence-electron chi connectivity index (χ1n) is 17.9. The highest BCUT2D eigenvalue weighted by molar-refractivity contribution is 7.44.